The molecule has 1 N–H and O–H groups in total. The van der Waals surface area contributed by atoms with Gasteiger partial charge in [0.2, 0.25) is 0 Å². The van der Waals surface area contributed by atoms with Crippen LogP contribution < -0.4 is 5.32 Å². The first kappa shape index (κ1) is 14.1. The van der Waals surface area contributed by atoms with Crippen molar-refractivity contribution in [1.29, 1.82) is 0 Å². The molecule has 0 heterocycles. The Morgan fingerprint density at radius 1 is 1.16 bits per heavy atom. The van der Waals surface area contributed by atoms with Crippen LogP contribution in [0.15, 0.2) is 47.6 Å². The SMILES string of the molecule is CCCCNCc1ccccc1C1C=C(C)C=C1C. The zero-order valence-electron chi connectivity index (χ0n) is 12.4. The molecule has 1 heteroatoms. The molecule has 0 bridgehead atoms. The van der Waals surface area contributed by atoms with Crippen LogP contribution in [0.5, 0.6) is 0 Å². The van der Waals surface area contributed by atoms with Gasteiger partial charge in [-0.25, -0.2) is 0 Å². The number of nitrogens with one attached hydrogen (secondary N) is 1. The molecule has 2 rings (SSSR count). The first-order chi connectivity index (χ1) is 9.22. The first-order valence-corrected chi connectivity index (χ1v) is 7.37. The molecule has 1 aromatic rings. The summed E-state index contributed by atoms with van der Waals surface area (Å²) in [5.74, 6) is 0.476. The van der Waals surface area contributed by atoms with Gasteiger partial charge in [0.15, 0.2) is 0 Å². The summed E-state index contributed by atoms with van der Waals surface area (Å²) < 4.78 is 0. The molecule has 0 aliphatic heterocycles. The molecule has 1 aliphatic carbocycles. The molecule has 0 saturated heterocycles. The van der Waals surface area contributed by atoms with Crippen LogP contribution in [0.4, 0.5) is 0 Å². The molecule has 1 aliphatic rings. The van der Waals surface area contributed by atoms with Crippen molar-refractivity contribution in [3.63, 3.8) is 0 Å². The summed E-state index contributed by atoms with van der Waals surface area (Å²) in [6.45, 7) is 8.74. The Morgan fingerprint density at radius 3 is 2.63 bits per heavy atom. The van der Waals surface area contributed by atoms with Gasteiger partial charge in [0.1, 0.15) is 0 Å². The summed E-state index contributed by atoms with van der Waals surface area (Å²) in [6.07, 6.45) is 7.18. The number of hydrogen-bond donors (Lipinski definition) is 1. The average Bonchev–Trinajstić information content (AvgIpc) is 2.74. The number of allylic oxidation sites excluding steroid dienone is 4. The van der Waals surface area contributed by atoms with E-state index in [-0.39, 0.29) is 0 Å². The van der Waals surface area contributed by atoms with E-state index in [9.17, 15) is 0 Å². The third-order valence-corrected chi connectivity index (χ3v) is 3.79. The molecule has 1 nitrogen and oxygen atoms in total. The van der Waals surface area contributed by atoms with E-state index >= 15 is 0 Å². The molecule has 1 atom stereocenters. The second-order valence-corrected chi connectivity index (χ2v) is 5.51. The normalized spacial score (nSPS) is 18.4. The zero-order chi connectivity index (χ0) is 13.7. The molecule has 0 spiro atoms. The lowest BCUT2D eigenvalue weighted by Crippen LogP contribution is -2.16. The third-order valence-electron chi connectivity index (χ3n) is 3.79. The Hall–Kier alpha value is -1.34. The molecule has 102 valence electrons. The molecular formula is C18H25N. The van der Waals surface area contributed by atoms with Gasteiger partial charge in [-0.15, -0.1) is 0 Å². The summed E-state index contributed by atoms with van der Waals surface area (Å²) in [7, 11) is 0. The number of rotatable bonds is 6. The maximum absolute atomic E-state index is 3.55. The van der Waals surface area contributed by atoms with Gasteiger partial charge >= 0.3 is 0 Å². The monoisotopic (exact) mass is 255 g/mol. The van der Waals surface area contributed by atoms with Gasteiger partial charge in [-0.1, -0.05) is 60.9 Å². The van der Waals surface area contributed by atoms with Crippen molar-refractivity contribution >= 4 is 0 Å². The Labute approximate surface area is 117 Å². The molecule has 0 aromatic heterocycles. The zero-order valence-corrected chi connectivity index (χ0v) is 12.4. The average molecular weight is 255 g/mol. The first-order valence-electron chi connectivity index (χ1n) is 7.37. The van der Waals surface area contributed by atoms with Crippen molar-refractivity contribution in [2.24, 2.45) is 0 Å². The van der Waals surface area contributed by atoms with Gasteiger partial charge in [0.05, 0.1) is 0 Å². The van der Waals surface area contributed by atoms with E-state index in [0.29, 0.717) is 5.92 Å². The third kappa shape index (κ3) is 3.57. The summed E-state index contributed by atoms with van der Waals surface area (Å²) in [4.78, 5) is 0. The number of benzene rings is 1. The van der Waals surface area contributed by atoms with E-state index in [1.165, 1.54) is 35.1 Å². The van der Waals surface area contributed by atoms with Crippen LogP contribution in [0.1, 0.15) is 50.7 Å². The van der Waals surface area contributed by atoms with Crippen LogP contribution >= 0.6 is 0 Å². The molecular weight excluding hydrogens is 230 g/mol. The Balaban J connectivity index is 2.11. The van der Waals surface area contributed by atoms with Gasteiger partial charge in [-0.3, -0.25) is 0 Å². The summed E-state index contributed by atoms with van der Waals surface area (Å²) >= 11 is 0. The van der Waals surface area contributed by atoms with Crippen LogP contribution in [0.25, 0.3) is 0 Å². The highest BCUT2D eigenvalue weighted by Crippen LogP contribution is 2.34. The Bertz CT molecular complexity index is 482. The predicted molar refractivity (Wildman–Crippen MR) is 83.3 cm³/mol. The van der Waals surface area contributed by atoms with Crippen molar-refractivity contribution in [3.05, 3.63) is 58.7 Å². The highest BCUT2D eigenvalue weighted by Gasteiger charge is 2.18. The topological polar surface area (TPSA) is 12.0 Å². The van der Waals surface area contributed by atoms with Crippen molar-refractivity contribution in [1.82, 2.24) is 5.32 Å². The highest BCUT2D eigenvalue weighted by atomic mass is 14.8. The minimum Gasteiger partial charge on any atom is -0.313 e. The largest absolute Gasteiger partial charge is 0.313 e. The number of unbranched alkanes of at least 4 members (excludes halogenated alkanes) is 1. The Kier molecular flexibility index (Phi) is 4.98. The van der Waals surface area contributed by atoms with E-state index in [2.05, 4.69) is 62.5 Å². The highest BCUT2D eigenvalue weighted by molar-refractivity contribution is 5.46. The van der Waals surface area contributed by atoms with E-state index in [0.717, 1.165) is 13.1 Å². The fourth-order valence-corrected chi connectivity index (χ4v) is 2.75. The van der Waals surface area contributed by atoms with Crippen LogP contribution in [0.3, 0.4) is 0 Å². The van der Waals surface area contributed by atoms with Crippen molar-refractivity contribution in [2.75, 3.05) is 6.54 Å². The number of hydrogen-bond acceptors (Lipinski definition) is 1. The fourth-order valence-electron chi connectivity index (χ4n) is 2.75. The minimum absolute atomic E-state index is 0.476. The summed E-state index contributed by atoms with van der Waals surface area (Å²) in [6, 6.07) is 8.82. The lowest BCUT2D eigenvalue weighted by atomic mass is 9.90. The Morgan fingerprint density at radius 2 is 1.95 bits per heavy atom. The van der Waals surface area contributed by atoms with Crippen molar-refractivity contribution in [3.8, 4) is 0 Å². The van der Waals surface area contributed by atoms with Crippen LogP contribution in [0.2, 0.25) is 0 Å². The van der Waals surface area contributed by atoms with E-state index in [1.807, 2.05) is 0 Å². The fraction of sp³-hybridized carbons (Fsp3) is 0.444. The molecule has 19 heavy (non-hydrogen) atoms. The summed E-state index contributed by atoms with van der Waals surface area (Å²) in [5, 5.41) is 3.55. The van der Waals surface area contributed by atoms with Gasteiger partial charge < -0.3 is 5.32 Å². The van der Waals surface area contributed by atoms with Gasteiger partial charge in [-0.2, -0.15) is 0 Å². The smallest absolute Gasteiger partial charge is 0.0237 e. The maximum Gasteiger partial charge on any atom is 0.0237 e. The lowest BCUT2D eigenvalue weighted by molar-refractivity contribution is 0.638. The molecule has 0 amide bonds. The molecule has 0 radical (unpaired) electrons. The predicted octanol–water partition coefficient (Wildman–Crippen LogP) is 4.57. The minimum atomic E-state index is 0.476. The molecule has 1 unspecified atom stereocenters. The van der Waals surface area contributed by atoms with Gasteiger partial charge in [0.25, 0.3) is 0 Å². The quantitative estimate of drug-likeness (QED) is 0.734. The maximum atomic E-state index is 3.55. The van der Waals surface area contributed by atoms with Crippen molar-refractivity contribution in [2.45, 2.75) is 46.1 Å². The van der Waals surface area contributed by atoms with E-state index < -0.39 is 0 Å². The van der Waals surface area contributed by atoms with Crippen LogP contribution in [0, 0.1) is 0 Å². The lowest BCUT2D eigenvalue weighted by Gasteiger charge is -2.16. The second kappa shape index (κ2) is 6.72. The van der Waals surface area contributed by atoms with E-state index in [1.54, 1.807) is 0 Å². The van der Waals surface area contributed by atoms with E-state index in [4.69, 9.17) is 0 Å². The van der Waals surface area contributed by atoms with Gasteiger partial charge in [0, 0.05) is 12.5 Å². The molecule has 0 fully saturated rings. The van der Waals surface area contributed by atoms with Crippen LogP contribution in [-0.2, 0) is 6.54 Å². The van der Waals surface area contributed by atoms with Crippen molar-refractivity contribution < 1.29 is 0 Å². The molecule has 1 aromatic carbocycles. The van der Waals surface area contributed by atoms with Gasteiger partial charge in [-0.05, 0) is 37.9 Å². The molecule has 0 saturated carbocycles. The second-order valence-electron chi connectivity index (χ2n) is 5.51. The standard InChI is InChI=1S/C18H25N/c1-4-5-10-19-13-16-8-6-7-9-17(16)18-12-14(2)11-15(18)3/h6-9,11-12,18-19H,4-5,10,13H2,1-3H3. The summed E-state index contributed by atoms with van der Waals surface area (Å²) in [5.41, 5.74) is 5.73. The van der Waals surface area contributed by atoms with Crippen LogP contribution in [-0.4, -0.2) is 6.54 Å².